The first-order valence-corrected chi connectivity index (χ1v) is 11.4. The van der Waals surface area contributed by atoms with Crippen molar-refractivity contribution in [3.05, 3.63) is 114 Å². The van der Waals surface area contributed by atoms with Gasteiger partial charge in [0.2, 0.25) is 5.91 Å². The molecule has 0 aliphatic rings. The molecule has 6 aromatic rings. The third-order valence-corrected chi connectivity index (χ3v) is 5.88. The highest BCUT2D eigenvalue weighted by Crippen LogP contribution is 2.26. The van der Waals surface area contributed by atoms with Gasteiger partial charge >= 0.3 is 0 Å². The molecule has 3 aromatic heterocycles. The lowest BCUT2D eigenvalue weighted by molar-refractivity contribution is 0.100. The Morgan fingerprint density at radius 2 is 1.64 bits per heavy atom. The minimum absolute atomic E-state index is 0.435. The third kappa shape index (κ3) is 4.23. The van der Waals surface area contributed by atoms with Crippen LogP contribution in [0.2, 0.25) is 0 Å². The van der Waals surface area contributed by atoms with Gasteiger partial charge < -0.3 is 10.5 Å². The molecule has 0 saturated carbocycles. The summed E-state index contributed by atoms with van der Waals surface area (Å²) in [5.41, 5.74) is 10.2. The summed E-state index contributed by atoms with van der Waals surface area (Å²) in [7, 11) is 0. The van der Waals surface area contributed by atoms with E-state index in [1.165, 1.54) is 0 Å². The van der Waals surface area contributed by atoms with Crippen LogP contribution in [-0.2, 0) is 6.42 Å². The van der Waals surface area contributed by atoms with Crippen LogP contribution in [-0.4, -0.2) is 30.7 Å². The van der Waals surface area contributed by atoms with Gasteiger partial charge in [-0.15, -0.1) is 10.2 Å². The first kappa shape index (κ1) is 21.4. The number of pyridine rings is 1. The molecule has 0 spiro atoms. The Balaban J connectivity index is 1.23. The molecule has 2 N–H and O–H groups in total. The maximum Gasteiger partial charge on any atom is 0.248 e. The fourth-order valence-corrected chi connectivity index (χ4v) is 4.03. The summed E-state index contributed by atoms with van der Waals surface area (Å²) >= 11 is 0. The van der Waals surface area contributed by atoms with Crippen LogP contribution >= 0.6 is 0 Å². The van der Waals surface area contributed by atoms with E-state index in [-0.39, 0.29) is 0 Å². The van der Waals surface area contributed by atoms with Crippen LogP contribution in [0.3, 0.4) is 0 Å². The molecule has 8 heteroatoms. The number of aromatic nitrogens is 5. The molecule has 0 saturated heterocycles. The van der Waals surface area contributed by atoms with Gasteiger partial charge in [-0.2, -0.15) is 9.61 Å². The molecule has 3 heterocycles. The number of hydrogen-bond donors (Lipinski definition) is 1. The monoisotopic (exact) mass is 472 g/mol. The van der Waals surface area contributed by atoms with Crippen LogP contribution in [0.25, 0.3) is 27.8 Å². The minimum Gasteiger partial charge on any atom is -0.457 e. The molecule has 174 valence electrons. The highest BCUT2D eigenvalue weighted by molar-refractivity contribution is 5.92. The van der Waals surface area contributed by atoms with Crippen molar-refractivity contribution in [3.63, 3.8) is 0 Å². The van der Waals surface area contributed by atoms with Crippen molar-refractivity contribution < 1.29 is 9.53 Å². The molecule has 6 rings (SSSR count). The summed E-state index contributed by atoms with van der Waals surface area (Å²) in [4.78, 5) is 15.6. The van der Waals surface area contributed by atoms with Crippen molar-refractivity contribution >= 4 is 22.5 Å². The fraction of sp³-hybridized carbons (Fsp3) is 0.0357. The van der Waals surface area contributed by atoms with Gasteiger partial charge in [0.25, 0.3) is 0 Å². The molecule has 0 aliphatic heterocycles. The van der Waals surface area contributed by atoms with Crippen molar-refractivity contribution in [1.82, 2.24) is 24.8 Å². The Kier molecular flexibility index (Phi) is 5.31. The van der Waals surface area contributed by atoms with Crippen molar-refractivity contribution in [3.8, 4) is 22.8 Å². The normalized spacial score (nSPS) is 11.1. The average Bonchev–Trinajstić information content (AvgIpc) is 3.31. The second-order valence-corrected chi connectivity index (χ2v) is 8.33. The maximum atomic E-state index is 11.2. The Morgan fingerprint density at radius 3 is 2.42 bits per heavy atom. The Labute approximate surface area is 206 Å². The highest BCUT2D eigenvalue weighted by atomic mass is 16.5. The van der Waals surface area contributed by atoms with E-state index in [1.807, 2.05) is 54.6 Å². The fourth-order valence-electron chi connectivity index (χ4n) is 4.03. The van der Waals surface area contributed by atoms with E-state index < -0.39 is 5.91 Å². The first-order chi connectivity index (χ1) is 17.6. The van der Waals surface area contributed by atoms with Crippen molar-refractivity contribution in [2.24, 2.45) is 5.73 Å². The van der Waals surface area contributed by atoms with E-state index in [2.05, 4.69) is 27.3 Å². The number of carbonyl (C=O) groups is 1. The zero-order chi connectivity index (χ0) is 24.5. The van der Waals surface area contributed by atoms with Gasteiger partial charge in [-0.3, -0.25) is 9.78 Å². The van der Waals surface area contributed by atoms with E-state index in [0.29, 0.717) is 29.1 Å². The topological polar surface area (TPSA) is 108 Å². The van der Waals surface area contributed by atoms with E-state index in [1.54, 1.807) is 35.0 Å². The van der Waals surface area contributed by atoms with Gasteiger partial charge in [0.1, 0.15) is 11.5 Å². The molecule has 8 nitrogen and oxygen atoms in total. The summed E-state index contributed by atoms with van der Waals surface area (Å²) in [5, 5.41) is 14.5. The number of carbonyl (C=O) groups excluding carboxylic acids is 1. The second kappa shape index (κ2) is 8.92. The van der Waals surface area contributed by atoms with E-state index in [4.69, 9.17) is 15.6 Å². The molecule has 0 aliphatic carbocycles. The number of primary amides is 1. The minimum atomic E-state index is -0.471. The average molecular weight is 473 g/mol. The largest absolute Gasteiger partial charge is 0.457 e. The Morgan fingerprint density at radius 1 is 0.861 bits per heavy atom. The lowest BCUT2D eigenvalue weighted by Crippen LogP contribution is -2.10. The van der Waals surface area contributed by atoms with Gasteiger partial charge in [0, 0.05) is 29.1 Å². The number of amides is 1. The number of ether oxygens (including phenoxy) is 1. The van der Waals surface area contributed by atoms with E-state index in [0.717, 1.165) is 33.5 Å². The summed E-state index contributed by atoms with van der Waals surface area (Å²) in [5.74, 6) is 1.57. The van der Waals surface area contributed by atoms with Gasteiger partial charge in [-0.05, 0) is 84.4 Å². The summed E-state index contributed by atoms with van der Waals surface area (Å²) in [6, 6.07) is 28.3. The molecule has 0 radical (unpaired) electrons. The second-order valence-electron chi connectivity index (χ2n) is 8.33. The summed E-state index contributed by atoms with van der Waals surface area (Å²) < 4.78 is 7.66. The van der Waals surface area contributed by atoms with Gasteiger partial charge in [-0.1, -0.05) is 12.1 Å². The van der Waals surface area contributed by atoms with E-state index >= 15 is 0 Å². The molecule has 3 aromatic carbocycles. The van der Waals surface area contributed by atoms with Crippen LogP contribution in [0.15, 0.2) is 97.2 Å². The molecule has 0 fully saturated rings. The molecular formula is C28H20N6O2. The molecule has 36 heavy (non-hydrogen) atoms. The number of nitrogens with two attached hydrogens (primary N) is 1. The molecule has 0 unspecified atom stereocenters. The zero-order valence-corrected chi connectivity index (χ0v) is 19.1. The number of benzene rings is 3. The van der Waals surface area contributed by atoms with Gasteiger partial charge in [-0.25, -0.2) is 0 Å². The predicted octanol–water partition coefficient (Wildman–Crippen LogP) is 4.82. The number of hydrogen-bond acceptors (Lipinski definition) is 6. The van der Waals surface area contributed by atoms with Crippen LogP contribution < -0.4 is 10.5 Å². The lowest BCUT2D eigenvalue weighted by Gasteiger charge is -2.08. The zero-order valence-electron chi connectivity index (χ0n) is 19.1. The number of rotatable bonds is 6. The standard InChI is InChI=1S/C28H20N6O2/c29-28(35)20-6-10-23(11-7-20)36-22-8-4-19(5-9-22)25-13-14-26-31-32-27(34(26)33-25)17-18-3-12-24-21(16-18)2-1-15-30-24/h1-16H,17H2,(H2,29,35). The van der Waals surface area contributed by atoms with Gasteiger partial charge in [0.15, 0.2) is 11.5 Å². The predicted molar refractivity (Wildman–Crippen MR) is 136 cm³/mol. The SMILES string of the molecule is NC(=O)c1ccc(Oc2ccc(-c3ccc4nnc(Cc5ccc6ncccc6c5)n4n3)cc2)cc1. The van der Waals surface area contributed by atoms with Crippen molar-refractivity contribution in [2.75, 3.05) is 0 Å². The summed E-state index contributed by atoms with van der Waals surface area (Å²) in [6.45, 7) is 0. The molecular weight excluding hydrogens is 452 g/mol. The van der Waals surface area contributed by atoms with E-state index in [9.17, 15) is 4.79 Å². The highest BCUT2D eigenvalue weighted by Gasteiger charge is 2.11. The summed E-state index contributed by atoms with van der Waals surface area (Å²) in [6.07, 6.45) is 2.39. The molecule has 1 amide bonds. The Bertz CT molecular complexity index is 1710. The van der Waals surface area contributed by atoms with Crippen LogP contribution in [0, 0.1) is 0 Å². The molecule has 0 bridgehead atoms. The number of nitrogens with zero attached hydrogens (tertiary/aromatic N) is 5. The third-order valence-electron chi connectivity index (χ3n) is 5.88. The van der Waals surface area contributed by atoms with Crippen LogP contribution in [0.5, 0.6) is 11.5 Å². The quantitative estimate of drug-likeness (QED) is 0.372. The number of fused-ring (bicyclic) bond motifs is 2. The van der Waals surface area contributed by atoms with Gasteiger partial charge in [0.05, 0.1) is 11.2 Å². The maximum absolute atomic E-state index is 11.2. The Hall–Kier alpha value is -5.11. The van der Waals surface area contributed by atoms with Crippen molar-refractivity contribution in [2.45, 2.75) is 6.42 Å². The van der Waals surface area contributed by atoms with Crippen molar-refractivity contribution in [1.29, 1.82) is 0 Å². The lowest BCUT2D eigenvalue weighted by atomic mass is 10.1. The molecule has 0 atom stereocenters. The van der Waals surface area contributed by atoms with Crippen LogP contribution in [0.1, 0.15) is 21.7 Å². The smallest absolute Gasteiger partial charge is 0.248 e. The van der Waals surface area contributed by atoms with Crippen LogP contribution in [0.4, 0.5) is 0 Å². The first-order valence-electron chi connectivity index (χ1n) is 11.4.